The van der Waals surface area contributed by atoms with E-state index in [1.807, 2.05) is 39.0 Å². The molecule has 5 heterocycles. The van der Waals surface area contributed by atoms with E-state index in [1.54, 1.807) is 0 Å². The third-order valence-corrected chi connectivity index (χ3v) is 9.96. The van der Waals surface area contributed by atoms with Gasteiger partial charge in [-0.3, -0.25) is 4.90 Å². The second-order valence-corrected chi connectivity index (χ2v) is 15.0. The van der Waals surface area contributed by atoms with Crippen LogP contribution in [-0.4, -0.2) is 66.3 Å². The van der Waals surface area contributed by atoms with Crippen LogP contribution in [0.25, 0.3) is 0 Å². The summed E-state index contributed by atoms with van der Waals surface area (Å²) in [5.74, 6) is -2.37. The number of halogens is 2. The number of esters is 1. The summed E-state index contributed by atoms with van der Waals surface area (Å²) in [5.41, 5.74) is 4.42. The van der Waals surface area contributed by atoms with Crippen molar-refractivity contribution in [2.75, 3.05) is 43.1 Å². The van der Waals surface area contributed by atoms with Gasteiger partial charge in [0, 0.05) is 55.0 Å². The summed E-state index contributed by atoms with van der Waals surface area (Å²) >= 11 is 0. The number of hydrogen-bond donors (Lipinski definition) is 1. The number of benzene rings is 1. The molecule has 2 saturated heterocycles. The molecule has 45 heavy (non-hydrogen) atoms. The molecular formula is C36H50F2N4O3. The second-order valence-electron chi connectivity index (χ2n) is 15.0. The van der Waals surface area contributed by atoms with Crippen molar-refractivity contribution < 1.29 is 23.0 Å². The topological polar surface area (TPSA) is 66.9 Å². The monoisotopic (exact) mass is 624 g/mol. The van der Waals surface area contributed by atoms with Crippen molar-refractivity contribution in [2.24, 2.45) is 5.92 Å². The molecule has 6 rings (SSSR count). The van der Waals surface area contributed by atoms with Crippen molar-refractivity contribution in [1.82, 2.24) is 9.88 Å². The Morgan fingerprint density at radius 1 is 1.20 bits per heavy atom. The fourth-order valence-electron chi connectivity index (χ4n) is 7.92. The van der Waals surface area contributed by atoms with Gasteiger partial charge in [0.05, 0.1) is 18.2 Å². The standard InChI is InChI=1S/C36H50F2N4O3/c1-34(2,3)45-33(43)31(28-11-6-12-29-30(28)42(35(29,4)5)27-16-20-44-23-27)41-19-15-24(22-41)21-36(37,38)17-7-10-26-14-13-25-9-8-18-39-32(25)40-26/h6,11-14,24,27,31H,7-10,15-23H2,1-5H3,(H,39,40)/t24-,27-,31?/m0/s1. The van der Waals surface area contributed by atoms with Gasteiger partial charge in [-0.05, 0) is 97.2 Å². The Kier molecular flexibility index (Phi) is 8.89. The number of anilines is 2. The molecule has 0 saturated carbocycles. The SMILES string of the molecule is CC(C)(C)OC(=O)C(c1cccc2c1N([C@H]1CCOC1)C2(C)C)N1CC[C@@H](CC(F)(F)CCCc2ccc3c(n2)NCCC3)C1. The number of carbonyl (C=O) groups is 1. The van der Waals surface area contributed by atoms with Crippen LogP contribution in [0.3, 0.4) is 0 Å². The normalized spacial score (nSPS) is 23.6. The van der Waals surface area contributed by atoms with E-state index < -0.39 is 17.6 Å². The van der Waals surface area contributed by atoms with Gasteiger partial charge in [-0.2, -0.15) is 0 Å². The van der Waals surface area contributed by atoms with E-state index in [4.69, 9.17) is 9.47 Å². The number of ether oxygens (including phenoxy) is 2. The van der Waals surface area contributed by atoms with Crippen LogP contribution >= 0.6 is 0 Å². The summed E-state index contributed by atoms with van der Waals surface area (Å²) in [6.45, 7) is 13.4. The largest absolute Gasteiger partial charge is 0.459 e. The first-order valence-corrected chi connectivity index (χ1v) is 16.9. The maximum Gasteiger partial charge on any atom is 0.328 e. The van der Waals surface area contributed by atoms with E-state index in [2.05, 4.69) is 46.1 Å². The van der Waals surface area contributed by atoms with E-state index in [1.165, 1.54) is 11.1 Å². The molecule has 1 N–H and O–H groups in total. The maximum atomic E-state index is 15.4. The summed E-state index contributed by atoms with van der Waals surface area (Å²) in [4.78, 5) is 23.1. The lowest BCUT2D eigenvalue weighted by Gasteiger charge is -2.56. The van der Waals surface area contributed by atoms with Gasteiger partial charge in [0.25, 0.3) is 0 Å². The quantitative estimate of drug-likeness (QED) is 0.285. The molecule has 2 aromatic rings. The second kappa shape index (κ2) is 12.4. The number of alkyl halides is 2. The number of rotatable bonds is 10. The predicted molar refractivity (Wildman–Crippen MR) is 173 cm³/mol. The first-order chi connectivity index (χ1) is 21.3. The summed E-state index contributed by atoms with van der Waals surface area (Å²) < 4.78 is 42.4. The molecule has 1 unspecified atom stereocenters. The van der Waals surface area contributed by atoms with Crippen molar-refractivity contribution in [3.63, 3.8) is 0 Å². The predicted octanol–water partition coefficient (Wildman–Crippen LogP) is 7.04. The highest BCUT2D eigenvalue weighted by atomic mass is 19.3. The smallest absolute Gasteiger partial charge is 0.328 e. The number of likely N-dealkylation sites (tertiary alicyclic amines) is 1. The van der Waals surface area contributed by atoms with Crippen molar-refractivity contribution >= 4 is 17.5 Å². The minimum absolute atomic E-state index is 0.162. The van der Waals surface area contributed by atoms with Gasteiger partial charge in [-0.15, -0.1) is 0 Å². The van der Waals surface area contributed by atoms with Crippen molar-refractivity contribution in [2.45, 2.75) is 115 Å². The Bertz CT molecular complexity index is 1380. The van der Waals surface area contributed by atoms with E-state index in [-0.39, 0.29) is 36.3 Å². The average molecular weight is 625 g/mol. The van der Waals surface area contributed by atoms with Gasteiger partial charge in [-0.1, -0.05) is 24.3 Å². The minimum Gasteiger partial charge on any atom is -0.459 e. The Labute approximate surface area is 267 Å². The summed E-state index contributed by atoms with van der Waals surface area (Å²) in [6, 6.07) is 9.84. The highest BCUT2D eigenvalue weighted by Gasteiger charge is 2.50. The third kappa shape index (κ3) is 6.85. The van der Waals surface area contributed by atoms with E-state index in [0.29, 0.717) is 39.0 Å². The molecule has 4 aliphatic rings. The molecule has 4 aliphatic heterocycles. The molecular weight excluding hydrogens is 574 g/mol. The van der Waals surface area contributed by atoms with Gasteiger partial charge in [0.2, 0.25) is 5.92 Å². The lowest BCUT2D eigenvalue weighted by molar-refractivity contribution is -0.161. The summed E-state index contributed by atoms with van der Waals surface area (Å²) in [6.07, 6.45) is 4.28. The highest BCUT2D eigenvalue weighted by molar-refractivity contribution is 5.84. The van der Waals surface area contributed by atoms with Crippen molar-refractivity contribution in [1.29, 1.82) is 0 Å². The number of hydrogen-bond acceptors (Lipinski definition) is 7. The first-order valence-electron chi connectivity index (χ1n) is 16.9. The molecule has 246 valence electrons. The lowest BCUT2D eigenvalue weighted by atomic mass is 9.76. The fraction of sp³-hybridized carbons (Fsp3) is 0.667. The third-order valence-electron chi connectivity index (χ3n) is 9.96. The Morgan fingerprint density at radius 3 is 2.78 bits per heavy atom. The van der Waals surface area contributed by atoms with Crippen LogP contribution in [0, 0.1) is 5.92 Å². The van der Waals surface area contributed by atoms with Crippen LogP contribution in [0.2, 0.25) is 0 Å². The molecule has 0 spiro atoms. The highest BCUT2D eigenvalue weighted by Crippen LogP contribution is 2.54. The number of carbonyl (C=O) groups excluding carboxylic acids is 1. The van der Waals surface area contributed by atoms with Crippen LogP contribution in [0.1, 0.15) is 102 Å². The number of nitrogens with one attached hydrogen (secondary N) is 1. The zero-order valence-corrected chi connectivity index (χ0v) is 27.6. The van der Waals surface area contributed by atoms with Gasteiger partial charge >= 0.3 is 5.97 Å². The molecule has 3 atom stereocenters. The summed E-state index contributed by atoms with van der Waals surface area (Å²) in [5, 5.41) is 3.33. The number of pyridine rings is 1. The molecule has 9 heteroatoms. The lowest BCUT2D eigenvalue weighted by Crippen LogP contribution is -2.57. The molecule has 0 amide bonds. The minimum atomic E-state index is -2.77. The van der Waals surface area contributed by atoms with Crippen LogP contribution in [0.5, 0.6) is 0 Å². The summed E-state index contributed by atoms with van der Waals surface area (Å²) in [7, 11) is 0. The number of aryl methyl sites for hydroxylation is 2. The Balaban J connectivity index is 1.15. The van der Waals surface area contributed by atoms with Crippen LogP contribution < -0.4 is 10.2 Å². The van der Waals surface area contributed by atoms with Crippen LogP contribution in [0.4, 0.5) is 20.3 Å². The molecule has 0 aliphatic carbocycles. The van der Waals surface area contributed by atoms with Crippen molar-refractivity contribution in [3.05, 3.63) is 52.7 Å². The zero-order chi connectivity index (χ0) is 32.0. The fourth-order valence-corrected chi connectivity index (χ4v) is 7.92. The van der Waals surface area contributed by atoms with Gasteiger partial charge < -0.3 is 19.7 Å². The molecule has 0 bridgehead atoms. The number of para-hydroxylation sites is 1. The maximum absolute atomic E-state index is 15.4. The van der Waals surface area contributed by atoms with Gasteiger partial charge in [0.1, 0.15) is 17.5 Å². The zero-order valence-electron chi connectivity index (χ0n) is 27.6. The molecule has 0 radical (unpaired) electrons. The van der Waals surface area contributed by atoms with Gasteiger partial charge in [-0.25, -0.2) is 18.6 Å². The van der Waals surface area contributed by atoms with E-state index in [0.717, 1.165) is 55.2 Å². The van der Waals surface area contributed by atoms with E-state index in [9.17, 15) is 4.79 Å². The Morgan fingerprint density at radius 2 is 2.02 bits per heavy atom. The first kappa shape index (κ1) is 32.2. The van der Waals surface area contributed by atoms with E-state index >= 15 is 8.78 Å². The number of fused-ring (bicyclic) bond motifs is 2. The molecule has 1 aromatic carbocycles. The van der Waals surface area contributed by atoms with Gasteiger partial charge in [0.15, 0.2) is 0 Å². The number of aromatic nitrogens is 1. The molecule has 2 fully saturated rings. The Hall–Kier alpha value is -2.78. The molecule has 7 nitrogen and oxygen atoms in total. The van der Waals surface area contributed by atoms with Crippen molar-refractivity contribution in [3.8, 4) is 0 Å². The van der Waals surface area contributed by atoms with Crippen LogP contribution in [0.15, 0.2) is 30.3 Å². The van der Waals surface area contributed by atoms with Crippen LogP contribution in [-0.2, 0) is 32.6 Å². The average Bonchev–Trinajstić information content (AvgIpc) is 3.65. The number of nitrogens with zero attached hydrogens (tertiary/aromatic N) is 3. The molecule has 1 aromatic heterocycles.